The van der Waals surface area contributed by atoms with Crippen molar-refractivity contribution in [1.82, 2.24) is 9.47 Å². The van der Waals surface area contributed by atoms with Crippen LogP contribution in [0, 0.1) is 13.8 Å². The molecule has 1 amide bonds. The molecule has 1 atom stereocenters. The molecule has 2 rings (SSSR count). The maximum absolute atomic E-state index is 13.3. The molecule has 2 aromatic rings. The van der Waals surface area contributed by atoms with Crippen molar-refractivity contribution in [2.75, 3.05) is 28.4 Å². The Balaban J connectivity index is 2.39. The second-order valence-electron chi connectivity index (χ2n) is 7.04. The Hall–Kier alpha value is -3.29. The van der Waals surface area contributed by atoms with Gasteiger partial charge in [0, 0.05) is 37.0 Å². The number of amides is 1. The lowest BCUT2D eigenvalue weighted by Crippen LogP contribution is -2.40. The molecule has 1 aromatic heterocycles. The molecule has 30 heavy (non-hydrogen) atoms. The number of carbonyl (C=O) groups excluding carboxylic acids is 3. The molecule has 0 saturated carbocycles. The maximum atomic E-state index is 13.3. The second kappa shape index (κ2) is 9.02. The van der Waals surface area contributed by atoms with Crippen molar-refractivity contribution < 1.29 is 28.6 Å². The van der Waals surface area contributed by atoms with Crippen LogP contribution in [0.2, 0.25) is 0 Å². The first-order chi connectivity index (χ1) is 14.1. The number of ketones is 1. The normalized spacial score (nSPS) is 11.6. The summed E-state index contributed by atoms with van der Waals surface area (Å²) in [6, 6.07) is 4.08. The fourth-order valence-corrected chi connectivity index (χ4v) is 3.42. The molecule has 0 bridgehead atoms. The van der Waals surface area contributed by atoms with Crippen LogP contribution < -0.4 is 9.47 Å². The van der Waals surface area contributed by atoms with E-state index >= 15 is 0 Å². The number of likely N-dealkylation sites (N-methyl/N-ethyl adjacent to an activating group) is 1. The van der Waals surface area contributed by atoms with Crippen LogP contribution in [0.4, 0.5) is 0 Å². The van der Waals surface area contributed by atoms with Crippen molar-refractivity contribution in [2.45, 2.75) is 26.8 Å². The smallest absolute Gasteiger partial charge is 0.354 e. The quantitative estimate of drug-likeness (QED) is 0.510. The first kappa shape index (κ1) is 23.0. The molecule has 162 valence electrons. The van der Waals surface area contributed by atoms with Crippen molar-refractivity contribution in [3.8, 4) is 11.5 Å². The Morgan fingerprint density at radius 1 is 1.00 bits per heavy atom. The number of methoxy groups -OCH3 is 3. The predicted octanol–water partition coefficient (Wildman–Crippen LogP) is 2.79. The fraction of sp³-hybridized carbons (Fsp3) is 0.409. The highest BCUT2D eigenvalue weighted by Gasteiger charge is 2.31. The number of hydrogen-bond donors (Lipinski definition) is 0. The molecule has 0 spiro atoms. The van der Waals surface area contributed by atoms with E-state index in [2.05, 4.69) is 0 Å². The van der Waals surface area contributed by atoms with Crippen LogP contribution in [0.15, 0.2) is 18.2 Å². The molecule has 8 heteroatoms. The minimum absolute atomic E-state index is 0.263. The average molecular weight is 416 g/mol. The van der Waals surface area contributed by atoms with Crippen LogP contribution in [0.5, 0.6) is 11.5 Å². The zero-order chi connectivity index (χ0) is 22.7. The number of nitrogens with zero attached hydrogens (tertiary/aromatic N) is 2. The van der Waals surface area contributed by atoms with E-state index in [1.165, 1.54) is 26.2 Å². The molecule has 0 aliphatic heterocycles. The summed E-state index contributed by atoms with van der Waals surface area (Å²) in [5.41, 5.74) is 2.23. The monoisotopic (exact) mass is 416 g/mol. The Kier molecular flexibility index (Phi) is 6.92. The van der Waals surface area contributed by atoms with Gasteiger partial charge in [0.15, 0.2) is 5.78 Å². The minimum Gasteiger partial charge on any atom is -0.497 e. The maximum Gasteiger partial charge on any atom is 0.354 e. The number of esters is 1. The van der Waals surface area contributed by atoms with Crippen molar-refractivity contribution in [1.29, 1.82) is 0 Å². The first-order valence-corrected chi connectivity index (χ1v) is 9.37. The number of ether oxygens (including phenoxy) is 3. The molecule has 0 radical (unpaired) electrons. The van der Waals surface area contributed by atoms with Gasteiger partial charge in [0.1, 0.15) is 17.2 Å². The molecule has 0 aliphatic carbocycles. The van der Waals surface area contributed by atoms with Gasteiger partial charge in [0.25, 0.3) is 5.91 Å². The van der Waals surface area contributed by atoms with Gasteiger partial charge in [-0.15, -0.1) is 0 Å². The second-order valence-corrected chi connectivity index (χ2v) is 7.04. The van der Waals surface area contributed by atoms with Crippen LogP contribution in [0.1, 0.15) is 49.4 Å². The topological polar surface area (TPSA) is 87.1 Å². The summed E-state index contributed by atoms with van der Waals surface area (Å²) in [4.78, 5) is 39.8. The summed E-state index contributed by atoms with van der Waals surface area (Å²) in [5.74, 6) is -0.184. The van der Waals surface area contributed by atoms with Crippen LogP contribution in [0.25, 0.3) is 0 Å². The lowest BCUT2D eigenvalue weighted by Gasteiger charge is -2.24. The zero-order valence-electron chi connectivity index (χ0n) is 18.7. The standard InChI is InChI=1S/C22H28N2O6/c1-12-18(13(2)23(4)19(12)22(27)30-8)20(25)14(3)24(5)21(26)15-9-16(28-6)11-17(10-15)29-7/h9-11,14H,1-8H3/t14-/m1/s1. The molecular weight excluding hydrogens is 388 g/mol. The van der Waals surface area contributed by atoms with Gasteiger partial charge in [0.05, 0.1) is 27.4 Å². The summed E-state index contributed by atoms with van der Waals surface area (Å²) in [5, 5.41) is 0. The lowest BCUT2D eigenvalue weighted by atomic mass is 9.99. The summed E-state index contributed by atoms with van der Waals surface area (Å²) in [6.07, 6.45) is 0. The average Bonchev–Trinajstić information content (AvgIpc) is 2.98. The van der Waals surface area contributed by atoms with Crippen molar-refractivity contribution >= 4 is 17.7 Å². The molecule has 0 fully saturated rings. The summed E-state index contributed by atoms with van der Waals surface area (Å²) < 4.78 is 16.9. The van der Waals surface area contributed by atoms with Crippen molar-refractivity contribution in [3.63, 3.8) is 0 Å². The van der Waals surface area contributed by atoms with Gasteiger partial charge in [0.2, 0.25) is 0 Å². The third-order valence-electron chi connectivity index (χ3n) is 5.43. The predicted molar refractivity (Wildman–Crippen MR) is 112 cm³/mol. The van der Waals surface area contributed by atoms with Gasteiger partial charge in [-0.2, -0.15) is 0 Å². The van der Waals surface area contributed by atoms with E-state index in [1.54, 1.807) is 57.6 Å². The van der Waals surface area contributed by atoms with Crippen LogP contribution in [-0.4, -0.2) is 61.5 Å². The SMILES string of the molecule is COC(=O)c1c(C)c(C(=O)[C@@H](C)N(C)C(=O)c2cc(OC)cc(OC)c2)c(C)n1C. The molecule has 1 heterocycles. The largest absolute Gasteiger partial charge is 0.497 e. The molecule has 0 aliphatic rings. The number of aromatic nitrogens is 1. The summed E-state index contributed by atoms with van der Waals surface area (Å²) in [6.45, 7) is 5.11. The summed E-state index contributed by atoms with van der Waals surface area (Å²) >= 11 is 0. The van der Waals surface area contributed by atoms with Crippen LogP contribution in [-0.2, 0) is 11.8 Å². The number of rotatable bonds is 7. The van der Waals surface area contributed by atoms with Gasteiger partial charge in [-0.3, -0.25) is 9.59 Å². The van der Waals surface area contributed by atoms with Crippen LogP contribution in [0.3, 0.4) is 0 Å². The van der Waals surface area contributed by atoms with E-state index in [-0.39, 0.29) is 11.7 Å². The Morgan fingerprint density at radius 2 is 1.53 bits per heavy atom. The number of Topliss-reactive ketones (excluding diaryl/α,β-unsaturated/α-hetero) is 1. The van der Waals surface area contributed by atoms with E-state index in [0.717, 1.165) is 0 Å². The highest BCUT2D eigenvalue weighted by Crippen LogP contribution is 2.26. The molecule has 8 nitrogen and oxygen atoms in total. The Bertz CT molecular complexity index is 970. The van der Waals surface area contributed by atoms with Gasteiger partial charge < -0.3 is 23.7 Å². The van der Waals surface area contributed by atoms with Crippen molar-refractivity contribution in [3.05, 3.63) is 46.3 Å². The van der Waals surface area contributed by atoms with E-state index in [0.29, 0.717) is 39.6 Å². The lowest BCUT2D eigenvalue weighted by molar-refractivity contribution is 0.0588. The van der Waals surface area contributed by atoms with E-state index < -0.39 is 12.0 Å². The number of benzene rings is 1. The number of carbonyl (C=O) groups is 3. The molecule has 1 aromatic carbocycles. The fourth-order valence-electron chi connectivity index (χ4n) is 3.42. The highest BCUT2D eigenvalue weighted by atomic mass is 16.5. The van der Waals surface area contributed by atoms with Crippen molar-refractivity contribution in [2.24, 2.45) is 7.05 Å². The molecule has 0 unspecified atom stereocenters. The van der Waals surface area contributed by atoms with Gasteiger partial charge >= 0.3 is 5.97 Å². The number of hydrogen-bond acceptors (Lipinski definition) is 6. The van der Waals surface area contributed by atoms with E-state index in [1.807, 2.05) is 0 Å². The van der Waals surface area contributed by atoms with Gasteiger partial charge in [-0.1, -0.05) is 0 Å². The van der Waals surface area contributed by atoms with Crippen LogP contribution >= 0.6 is 0 Å². The Labute approximate surface area is 176 Å². The minimum atomic E-state index is -0.764. The van der Waals surface area contributed by atoms with E-state index in [4.69, 9.17) is 14.2 Å². The van der Waals surface area contributed by atoms with E-state index in [9.17, 15) is 14.4 Å². The highest BCUT2D eigenvalue weighted by molar-refractivity contribution is 6.07. The first-order valence-electron chi connectivity index (χ1n) is 9.37. The molecule has 0 saturated heterocycles. The summed E-state index contributed by atoms with van der Waals surface area (Å²) in [7, 11) is 7.56. The third-order valence-corrected chi connectivity index (χ3v) is 5.43. The van der Waals surface area contributed by atoms with Gasteiger partial charge in [-0.05, 0) is 38.5 Å². The molecular formula is C22H28N2O6. The molecule has 0 N–H and O–H groups in total. The third kappa shape index (κ3) is 4.03. The zero-order valence-corrected chi connectivity index (χ0v) is 18.7. The Morgan fingerprint density at radius 3 is 2.00 bits per heavy atom. The van der Waals surface area contributed by atoms with Gasteiger partial charge in [-0.25, -0.2) is 4.79 Å².